The van der Waals surface area contributed by atoms with Crippen LogP contribution >= 0.6 is 0 Å². The Hall–Kier alpha value is -1.03. The lowest BCUT2D eigenvalue weighted by molar-refractivity contribution is -0.148. The first-order valence-corrected chi connectivity index (χ1v) is 8.99. The van der Waals surface area contributed by atoms with Crippen LogP contribution in [0.5, 0.6) is 0 Å². The standard InChI is InChI=1S/C18H31NO3/c1-3-5-7-9-18(10-8-6-4-2)16(15-17(20)22-18)19-11-13-21-14-12-19/h15H,3-14H2,1-2H3. The highest BCUT2D eigenvalue weighted by Gasteiger charge is 2.44. The van der Waals surface area contributed by atoms with E-state index in [0.29, 0.717) is 0 Å². The Bertz CT molecular complexity index is 376. The Kier molecular flexibility index (Phi) is 6.74. The number of ether oxygens (including phenoxy) is 2. The Morgan fingerprint density at radius 2 is 1.64 bits per heavy atom. The second-order valence-electron chi connectivity index (χ2n) is 6.46. The summed E-state index contributed by atoms with van der Waals surface area (Å²) in [5, 5.41) is 0. The number of hydrogen-bond acceptors (Lipinski definition) is 4. The Morgan fingerprint density at radius 1 is 1.05 bits per heavy atom. The van der Waals surface area contributed by atoms with Crippen LogP contribution in [0.3, 0.4) is 0 Å². The van der Waals surface area contributed by atoms with Crippen LogP contribution in [-0.2, 0) is 14.3 Å². The van der Waals surface area contributed by atoms with Crippen LogP contribution in [0.15, 0.2) is 11.8 Å². The quantitative estimate of drug-likeness (QED) is 0.481. The number of carbonyl (C=O) groups is 1. The molecule has 0 saturated carbocycles. The van der Waals surface area contributed by atoms with Gasteiger partial charge in [0.25, 0.3) is 0 Å². The van der Waals surface area contributed by atoms with Gasteiger partial charge in [0.15, 0.2) is 5.60 Å². The largest absolute Gasteiger partial charge is 0.449 e. The summed E-state index contributed by atoms with van der Waals surface area (Å²) in [6.45, 7) is 7.64. The van der Waals surface area contributed by atoms with Gasteiger partial charge in [0, 0.05) is 19.2 Å². The highest BCUT2D eigenvalue weighted by atomic mass is 16.6. The molecule has 0 spiro atoms. The van der Waals surface area contributed by atoms with E-state index in [1.807, 2.05) is 0 Å². The number of nitrogens with zero attached hydrogens (tertiary/aromatic N) is 1. The molecule has 22 heavy (non-hydrogen) atoms. The first-order chi connectivity index (χ1) is 10.7. The number of rotatable bonds is 9. The van der Waals surface area contributed by atoms with Gasteiger partial charge < -0.3 is 14.4 Å². The molecule has 2 rings (SSSR count). The van der Waals surface area contributed by atoms with Crippen LogP contribution in [0, 0.1) is 0 Å². The first kappa shape index (κ1) is 17.3. The smallest absolute Gasteiger partial charge is 0.333 e. The number of carbonyl (C=O) groups excluding carboxylic acids is 1. The van der Waals surface area contributed by atoms with E-state index in [-0.39, 0.29) is 11.6 Å². The third kappa shape index (κ3) is 4.25. The van der Waals surface area contributed by atoms with E-state index < -0.39 is 0 Å². The van der Waals surface area contributed by atoms with Crippen molar-refractivity contribution in [3.05, 3.63) is 11.8 Å². The second kappa shape index (κ2) is 8.56. The molecule has 2 aliphatic heterocycles. The van der Waals surface area contributed by atoms with Crippen molar-refractivity contribution in [2.45, 2.75) is 70.8 Å². The van der Waals surface area contributed by atoms with E-state index in [1.54, 1.807) is 6.08 Å². The van der Waals surface area contributed by atoms with E-state index in [4.69, 9.17) is 9.47 Å². The number of esters is 1. The normalized spacial score (nSPS) is 20.9. The molecule has 126 valence electrons. The fourth-order valence-electron chi connectivity index (χ4n) is 3.51. The molecule has 0 amide bonds. The fourth-order valence-corrected chi connectivity index (χ4v) is 3.51. The van der Waals surface area contributed by atoms with Crippen LogP contribution in [0.4, 0.5) is 0 Å². The van der Waals surface area contributed by atoms with Gasteiger partial charge in [-0.2, -0.15) is 0 Å². The van der Waals surface area contributed by atoms with E-state index in [9.17, 15) is 4.79 Å². The van der Waals surface area contributed by atoms with Crippen molar-refractivity contribution in [1.29, 1.82) is 0 Å². The number of morpholine rings is 1. The lowest BCUT2D eigenvalue weighted by Gasteiger charge is -2.39. The van der Waals surface area contributed by atoms with Crippen molar-refractivity contribution >= 4 is 5.97 Å². The number of hydrogen-bond donors (Lipinski definition) is 0. The highest BCUT2D eigenvalue weighted by Crippen LogP contribution is 2.40. The summed E-state index contributed by atoms with van der Waals surface area (Å²) in [6, 6.07) is 0. The van der Waals surface area contributed by atoms with Crippen LogP contribution < -0.4 is 0 Å². The molecule has 1 fully saturated rings. The van der Waals surface area contributed by atoms with Crippen molar-refractivity contribution in [3.63, 3.8) is 0 Å². The van der Waals surface area contributed by atoms with Crippen molar-refractivity contribution in [2.24, 2.45) is 0 Å². The molecule has 0 unspecified atom stereocenters. The molecular weight excluding hydrogens is 278 g/mol. The average Bonchev–Trinajstić information content (AvgIpc) is 2.86. The first-order valence-electron chi connectivity index (χ1n) is 8.99. The summed E-state index contributed by atoms with van der Waals surface area (Å²) in [7, 11) is 0. The fraction of sp³-hybridized carbons (Fsp3) is 0.833. The molecule has 0 aliphatic carbocycles. The minimum absolute atomic E-state index is 0.158. The SMILES string of the molecule is CCCCCC1(CCCCC)OC(=O)C=C1N1CCOCC1. The van der Waals surface area contributed by atoms with Crippen LogP contribution in [0.1, 0.15) is 65.2 Å². The molecule has 2 aliphatic rings. The number of unbranched alkanes of at least 4 members (excludes halogenated alkanes) is 4. The van der Waals surface area contributed by atoms with Crippen molar-refractivity contribution < 1.29 is 14.3 Å². The summed E-state index contributed by atoms with van der Waals surface area (Å²) >= 11 is 0. The molecule has 2 heterocycles. The molecule has 0 bridgehead atoms. The second-order valence-corrected chi connectivity index (χ2v) is 6.46. The third-order valence-corrected chi connectivity index (χ3v) is 4.74. The van der Waals surface area contributed by atoms with E-state index in [1.165, 1.54) is 25.7 Å². The number of cyclic esters (lactones) is 1. The van der Waals surface area contributed by atoms with Gasteiger partial charge in [-0.3, -0.25) is 0 Å². The lowest BCUT2D eigenvalue weighted by atomic mass is 9.86. The lowest BCUT2D eigenvalue weighted by Crippen LogP contribution is -2.44. The summed E-state index contributed by atoms with van der Waals surface area (Å²) in [5.74, 6) is -0.158. The van der Waals surface area contributed by atoms with Gasteiger partial charge in [-0.1, -0.05) is 39.5 Å². The molecule has 4 heteroatoms. The zero-order chi connectivity index (χ0) is 15.8. The van der Waals surface area contributed by atoms with Crippen LogP contribution in [0.25, 0.3) is 0 Å². The summed E-state index contributed by atoms with van der Waals surface area (Å²) < 4.78 is 11.4. The summed E-state index contributed by atoms with van der Waals surface area (Å²) in [5.41, 5.74) is 0.742. The highest BCUT2D eigenvalue weighted by molar-refractivity contribution is 5.86. The molecule has 0 radical (unpaired) electrons. The monoisotopic (exact) mass is 309 g/mol. The minimum atomic E-state index is -0.376. The zero-order valence-electron chi connectivity index (χ0n) is 14.2. The Balaban J connectivity index is 2.12. The molecule has 4 nitrogen and oxygen atoms in total. The molecule has 0 N–H and O–H groups in total. The molecule has 1 saturated heterocycles. The molecule has 0 aromatic rings. The van der Waals surface area contributed by atoms with Crippen LogP contribution in [-0.4, -0.2) is 42.8 Å². The minimum Gasteiger partial charge on any atom is -0.449 e. The van der Waals surface area contributed by atoms with Gasteiger partial charge in [-0.15, -0.1) is 0 Å². The maximum atomic E-state index is 12.0. The van der Waals surface area contributed by atoms with Crippen molar-refractivity contribution in [1.82, 2.24) is 4.90 Å². The van der Waals surface area contributed by atoms with Gasteiger partial charge >= 0.3 is 5.97 Å². The van der Waals surface area contributed by atoms with E-state index in [0.717, 1.165) is 57.7 Å². The maximum absolute atomic E-state index is 12.0. The predicted molar refractivity (Wildman–Crippen MR) is 87.6 cm³/mol. The van der Waals surface area contributed by atoms with Gasteiger partial charge in [0.2, 0.25) is 0 Å². The van der Waals surface area contributed by atoms with Gasteiger partial charge in [0.05, 0.1) is 18.9 Å². The molecule has 0 atom stereocenters. The van der Waals surface area contributed by atoms with E-state index in [2.05, 4.69) is 18.7 Å². The van der Waals surface area contributed by atoms with Gasteiger partial charge in [-0.05, 0) is 25.7 Å². The van der Waals surface area contributed by atoms with Crippen molar-refractivity contribution in [3.8, 4) is 0 Å². The summed E-state index contributed by atoms with van der Waals surface area (Å²) in [6.07, 6.45) is 10.7. The maximum Gasteiger partial charge on any atom is 0.333 e. The zero-order valence-corrected chi connectivity index (χ0v) is 14.2. The summed E-state index contributed by atoms with van der Waals surface area (Å²) in [4.78, 5) is 14.3. The van der Waals surface area contributed by atoms with Crippen molar-refractivity contribution in [2.75, 3.05) is 26.3 Å². The molecular formula is C18H31NO3. The average molecular weight is 309 g/mol. The van der Waals surface area contributed by atoms with Crippen LogP contribution in [0.2, 0.25) is 0 Å². The third-order valence-electron chi connectivity index (χ3n) is 4.74. The van der Waals surface area contributed by atoms with Gasteiger partial charge in [-0.25, -0.2) is 4.79 Å². The molecule has 0 aromatic carbocycles. The Morgan fingerprint density at radius 3 is 2.18 bits per heavy atom. The Labute approximate surface area is 134 Å². The predicted octanol–water partition coefficient (Wildman–Crippen LogP) is 3.66. The topological polar surface area (TPSA) is 38.8 Å². The molecule has 0 aromatic heterocycles. The van der Waals surface area contributed by atoms with Gasteiger partial charge in [0.1, 0.15) is 0 Å². The van der Waals surface area contributed by atoms with E-state index >= 15 is 0 Å².